The summed E-state index contributed by atoms with van der Waals surface area (Å²) < 4.78 is 47.0. The fraction of sp³-hybridized carbons (Fsp3) is 0.300. The van der Waals surface area contributed by atoms with Crippen LogP contribution < -0.4 is 9.64 Å². The number of piperidine rings is 1. The maximum Gasteiger partial charge on any atom is 0.268 e. The number of methoxy groups -OCH3 is 1. The van der Waals surface area contributed by atoms with E-state index in [1.165, 1.54) is 36.9 Å². The van der Waals surface area contributed by atoms with E-state index in [-0.39, 0.29) is 10.3 Å². The van der Waals surface area contributed by atoms with Crippen LogP contribution in [0.3, 0.4) is 0 Å². The van der Waals surface area contributed by atoms with E-state index in [0.717, 1.165) is 35.6 Å². The number of anilines is 1. The molecule has 142 valence electrons. The summed E-state index contributed by atoms with van der Waals surface area (Å²) in [6.07, 6.45) is 4.72. The molecule has 0 saturated carbocycles. The van der Waals surface area contributed by atoms with E-state index in [1.807, 2.05) is 0 Å². The van der Waals surface area contributed by atoms with Crippen molar-refractivity contribution in [2.24, 2.45) is 0 Å². The minimum atomic E-state index is -3.86. The predicted molar refractivity (Wildman–Crippen MR) is 104 cm³/mol. The van der Waals surface area contributed by atoms with Crippen molar-refractivity contribution >= 4 is 26.6 Å². The number of rotatable bonds is 4. The number of fused-ring (bicyclic) bond motifs is 1. The van der Waals surface area contributed by atoms with E-state index in [1.54, 1.807) is 25.3 Å². The second kappa shape index (κ2) is 6.88. The highest BCUT2D eigenvalue weighted by molar-refractivity contribution is 7.90. The lowest BCUT2D eigenvalue weighted by Gasteiger charge is -2.30. The molecule has 0 bridgehead atoms. The van der Waals surface area contributed by atoms with E-state index in [2.05, 4.69) is 4.90 Å². The van der Waals surface area contributed by atoms with E-state index in [9.17, 15) is 12.8 Å². The quantitative estimate of drug-likeness (QED) is 0.678. The van der Waals surface area contributed by atoms with Gasteiger partial charge in [0.2, 0.25) is 0 Å². The molecule has 5 nitrogen and oxygen atoms in total. The normalized spacial score (nSPS) is 15.3. The van der Waals surface area contributed by atoms with Crippen molar-refractivity contribution in [1.29, 1.82) is 0 Å². The average molecular weight is 388 g/mol. The fourth-order valence-corrected chi connectivity index (χ4v) is 5.01. The Labute approximate surface area is 158 Å². The molecule has 1 aromatic heterocycles. The first-order chi connectivity index (χ1) is 13.0. The van der Waals surface area contributed by atoms with Gasteiger partial charge in [0.25, 0.3) is 10.0 Å². The topological polar surface area (TPSA) is 51.5 Å². The number of hydrogen-bond acceptors (Lipinski definition) is 4. The molecule has 0 N–H and O–H groups in total. The van der Waals surface area contributed by atoms with Gasteiger partial charge in [0.15, 0.2) is 0 Å². The largest absolute Gasteiger partial charge is 0.495 e. The monoisotopic (exact) mass is 388 g/mol. The summed E-state index contributed by atoms with van der Waals surface area (Å²) in [6, 6.07) is 10.8. The SMILES string of the molecule is COc1ccc(S(=O)(=O)n2ccc3c(F)cccc32)cc1N1CCCCC1. The van der Waals surface area contributed by atoms with Crippen LogP contribution in [0, 0.1) is 5.82 Å². The van der Waals surface area contributed by atoms with Gasteiger partial charge < -0.3 is 9.64 Å². The van der Waals surface area contributed by atoms with Gasteiger partial charge in [-0.2, -0.15) is 0 Å². The smallest absolute Gasteiger partial charge is 0.268 e. The molecule has 2 heterocycles. The molecule has 1 fully saturated rings. The van der Waals surface area contributed by atoms with Crippen molar-refractivity contribution < 1.29 is 17.5 Å². The zero-order chi connectivity index (χ0) is 19.0. The molecule has 0 unspecified atom stereocenters. The molecule has 1 aliphatic rings. The van der Waals surface area contributed by atoms with Gasteiger partial charge in [-0.3, -0.25) is 0 Å². The number of ether oxygens (including phenoxy) is 1. The maximum atomic E-state index is 14.0. The van der Waals surface area contributed by atoms with Crippen molar-refractivity contribution in [2.45, 2.75) is 24.2 Å². The molecule has 3 aromatic rings. The van der Waals surface area contributed by atoms with Gasteiger partial charge in [-0.25, -0.2) is 16.8 Å². The van der Waals surface area contributed by atoms with E-state index >= 15 is 0 Å². The number of nitrogens with zero attached hydrogens (tertiary/aromatic N) is 2. The second-order valence-corrected chi connectivity index (χ2v) is 8.49. The molecule has 0 aliphatic carbocycles. The van der Waals surface area contributed by atoms with Crippen LogP contribution in [0.2, 0.25) is 0 Å². The average Bonchev–Trinajstić information content (AvgIpc) is 3.14. The van der Waals surface area contributed by atoms with Crippen LogP contribution in [-0.2, 0) is 10.0 Å². The molecule has 0 spiro atoms. The van der Waals surface area contributed by atoms with Crippen molar-refractivity contribution in [3.63, 3.8) is 0 Å². The van der Waals surface area contributed by atoms with Crippen molar-refractivity contribution in [3.8, 4) is 5.75 Å². The van der Waals surface area contributed by atoms with Gasteiger partial charge in [0.1, 0.15) is 11.6 Å². The minimum absolute atomic E-state index is 0.158. The van der Waals surface area contributed by atoms with Gasteiger partial charge in [-0.05, 0) is 55.7 Å². The fourth-order valence-electron chi connectivity index (χ4n) is 3.64. The van der Waals surface area contributed by atoms with Gasteiger partial charge in [0, 0.05) is 24.7 Å². The van der Waals surface area contributed by atoms with Gasteiger partial charge in [-0.1, -0.05) is 6.07 Å². The Kier molecular flexibility index (Phi) is 4.55. The first-order valence-electron chi connectivity index (χ1n) is 8.96. The summed E-state index contributed by atoms with van der Waals surface area (Å²) in [5.74, 6) is 0.212. The van der Waals surface area contributed by atoms with E-state index in [4.69, 9.17) is 4.74 Å². The summed E-state index contributed by atoms with van der Waals surface area (Å²) in [4.78, 5) is 2.32. The first-order valence-corrected chi connectivity index (χ1v) is 10.4. The lowest BCUT2D eigenvalue weighted by Crippen LogP contribution is -2.30. The summed E-state index contributed by atoms with van der Waals surface area (Å²) in [7, 11) is -2.27. The number of benzene rings is 2. The first kappa shape index (κ1) is 17.9. The third-order valence-corrected chi connectivity index (χ3v) is 6.73. The lowest BCUT2D eigenvalue weighted by atomic mass is 10.1. The third-order valence-electron chi connectivity index (χ3n) is 5.05. The zero-order valence-electron chi connectivity index (χ0n) is 15.1. The molecule has 4 rings (SSSR count). The standard InChI is InChI=1S/C20H21FN2O3S/c1-26-20-9-8-15(14-19(20)22-11-3-2-4-12-22)27(24,25)23-13-10-16-17(21)6-5-7-18(16)23/h5-10,13-14H,2-4,11-12H2,1H3. The van der Waals surface area contributed by atoms with Gasteiger partial charge in [0.05, 0.1) is 23.2 Å². The van der Waals surface area contributed by atoms with Crippen LogP contribution in [0.25, 0.3) is 10.9 Å². The van der Waals surface area contributed by atoms with Crippen LogP contribution in [0.1, 0.15) is 19.3 Å². The lowest BCUT2D eigenvalue weighted by molar-refractivity contribution is 0.412. The highest BCUT2D eigenvalue weighted by atomic mass is 32.2. The Balaban J connectivity index is 1.82. The maximum absolute atomic E-state index is 14.0. The highest BCUT2D eigenvalue weighted by Gasteiger charge is 2.23. The summed E-state index contributed by atoms with van der Waals surface area (Å²) in [6.45, 7) is 1.75. The molecule has 0 atom stereocenters. The molecule has 0 amide bonds. The Morgan fingerprint density at radius 2 is 1.81 bits per heavy atom. The predicted octanol–water partition coefficient (Wildman–Crippen LogP) is 4.02. The van der Waals surface area contributed by atoms with Crippen LogP contribution >= 0.6 is 0 Å². The molecule has 2 aromatic carbocycles. The number of aromatic nitrogens is 1. The molecule has 7 heteroatoms. The molecule has 1 saturated heterocycles. The van der Waals surface area contributed by atoms with E-state index < -0.39 is 15.8 Å². The number of hydrogen-bond donors (Lipinski definition) is 0. The Hall–Kier alpha value is -2.54. The van der Waals surface area contributed by atoms with Crippen molar-refractivity contribution in [2.75, 3.05) is 25.1 Å². The molecular formula is C20H21FN2O3S. The Morgan fingerprint density at radius 1 is 1.04 bits per heavy atom. The van der Waals surface area contributed by atoms with Crippen LogP contribution in [0.4, 0.5) is 10.1 Å². The van der Waals surface area contributed by atoms with Crippen LogP contribution in [-0.4, -0.2) is 32.6 Å². The summed E-state index contributed by atoms with van der Waals surface area (Å²) in [5.41, 5.74) is 1.10. The summed E-state index contributed by atoms with van der Waals surface area (Å²) in [5, 5.41) is 0.283. The summed E-state index contributed by atoms with van der Waals surface area (Å²) >= 11 is 0. The highest BCUT2D eigenvalue weighted by Crippen LogP contribution is 2.34. The van der Waals surface area contributed by atoms with Crippen molar-refractivity contribution in [3.05, 3.63) is 54.5 Å². The van der Waals surface area contributed by atoms with Crippen LogP contribution in [0.15, 0.2) is 53.6 Å². The Bertz CT molecular complexity index is 1090. The molecule has 1 aliphatic heterocycles. The molecule has 0 radical (unpaired) electrons. The molecular weight excluding hydrogens is 367 g/mol. The van der Waals surface area contributed by atoms with Crippen LogP contribution in [0.5, 0.6) is 5.75 Å². The van der Waals surface area contributed by atoms with Gasteiger partial charge in [-0.15, -0.1) is 0 Å². The molecule has 27 heavy (non-hydrogen) atoms. The van der Waals surface area contributed by atoms with E-state index in [0.29, 0.717) is 11.3 Å². The number of halogens is 1. The minimum Gasteiger partial charge on any atom is -0.495 e. The third kappa shape index (κ3) is 3.06. The van der Waals surface area contributed by atoms with Gasteiger partial charge >= 0.3 is 0 Å². The Morgan fingerprint density at radius 3 is 2.56 bits per heavy atom. The zero-order valence-corrected chi connectivity index (χ0v) is 15.9. The van der Waals surface area contributed by atoms with Crippen molar-refractivity contribution in [1.82, 2.24) is 3.97 Å². The second-order valence-electron chi connectivity index (χ2n) is 6.67.